The van der Waals surface area contributed by atoms with Crippen molar-refractivity contribution in [3.05, 3.63) is 29.3 Å². The first-order chi connectivity index (χ1) is 9.53. The normalized spacial score (nSPS) is 22.6. The predicted molar refractivity (Wildman–Crippen MR) is 68.7 cm³/mol. The molecular formula is C14H14N2O4. The Morgan fingerprint density at radius 2 is 2.20 bits per heavy atom. The van der Waals surface area contributed by atoms with Crippen molar-refractivity contribution in [1.29, 1.82) is 5.26 Å². The fourth-order valence-electron chi connectivity index (χ4n) is 2.41. The van der Waals surface area contributed by atoms with Gasteiger partial charge >= 0.3 is 0 Å². The zero-order valence-corrected chi connectivity index (χ0v) is 11.1. The number of hydrogen-bond donors (Lipinski definition) is 1. The van der Waals surface area contributed by atoms with Crippen LogP contribution in [0.3, 0.4) is 0 Å². The molecule has 1 aliphatic heterocycles. The number of benzene rings is 1. The minimum atomic E-state index is -0.803. The molecule has 1 aromatic carbocycles. The quantitative estimate of drug-likeness (QED) is 0.829. The van der Waals surface area contributed by atoms with Crippen molar-refractivity contribution in [1.82, 2.24) is 5.32 Å². The SMILES string of the molecule is CC1(C)Oc2ccc(C#N)cc2C(NC=O)C1OC=O. The first-order valence-electron chi connectivity index (χ1n) is 6.05. The minimum Gasteiger partial charge on any atom is -0.484 e. The Labute approximate surface area is 116 Å². The van der Waals surface area contributed by atoms with E-state index in [0.717, 1.165) is 0 Å². The van der Waals surface area contributed by atoms with Crippen LogP contribution in [0.4, 0.5) is 0 Å². The van der Waals surface area contributed by atoms with Crippen molar-refractivity contribution >= 4 is 12.9 Å². The van der Waals surface area contributed by atoms with Gasteiger partial charge in [-0.25, -0.2) is 0 Å². The average molecular weight is 274 g/mol. The summed E-state index contributed by atoms with van der Waals surface area (Å²) in [6.45, 7) is 3.86. The van der Waals surface area contributed by atoms with Gasteiger partial charge in [-0.15, -0.1) is 0 Å². The molecule has 0 spiro atoms. The van der Waals surface area contributed by atoms with Gasteiger partial charge in [0.05, 0.1) is 17.7 Å². The lowest BCUT2D eigenvalue weighted by atomic mass is 9.86. The van der Waals surface area contributed by atoms with E-state index >= 15 is 0 Å². The molecule has 20 heavy (non-hydrogen) atoms. The third-order valence-electron chi connectivity index (χ3n) is 3.28. The Kier molecular flexibility index (Phi) is 3.61. The molecule has 1 heterocycles. The molecule has 1 N–H and O–H groups in total. The summed E-state index contributed by atoms with van der Waals surface area (Å²) in [5.41, 5.74) is 0.250. The number of nitrogens with zero attached hydrogens (tertiary/aromatic N) is 1. The van der Waals surface area contributed by atoms with E-state index in [2.05, 4.69) is 5.32 Å². The Bertz CT molecular complexity index is 577. The zero-order chi connectivity index (χ0) is 14.8. The Balaban J connectivity index is 2.54. The second kappa shape index (κ2) is 5.21. The van der Waals surface area contributed by atoms with E-state index in [0.29, 0.717) is 29.8 Å². The summed E-state index contributed by atoms with van der Waals surface area (Å²) in [5.74, 6) is 0.555. The maximum Gasteiger partial charge on any atom is 0.293 e. The van der Waals surface area contributed by atoms with Crippen LogP contribution < -0.4 is 10.1 Å². The Morgan fingerprint density at radius 3 is 2.80 bits per heavy atom. The number of fused-ring (bicyclic) bond motifs is 1. The molecule has 1 aliphatic rings. The summed E-state index contributed by atoms with van der Waals surface area (Å²) < 4.78 is 10.9. The molecule has 6 heteroatoms. The highest BCUT2D eigenvalue weighted by Gasteiger charge is 2.45. The Morgan fingerprint density at radius 1 is 1.45 bits per heavy atom. The van der Waals surface area contributed by atoms with Crippen LogP contribution in [0, 0.1) is 11.3 Å². The molecule has 0 aliphatic carbocycles. The topological polar surface area (TPSA) is 88.4 Å². The van der Waals surface area contributed by atoms with Crippen LogP contribution in [-0.2, 0) is 14.3 Å². The zero-order valence-electron chi connectivity index (χ0n) is 11.1. The van der Waals surface area contributed by atoms with Crippen molar-refractivity contribution in [2.75, 3.05) is 0 Å². The standard InChI is InChI=1S/C14H14N2O4/c1-14(2)13(19-8-18)12(16-7-17)10-5-9(6-15)3-4-11(10)20-14/h3-5,7-8,12-13H,1-2H3,(H,16,17). The molecule has 6 nitrogen and oxygen atoms in total. The molecule has 0 saturated heterocycles. The fraction of sp³-hybridized carbons (Fsp3) is 0.357. The number of hydrogen-bond acceptors (Lipinski definition) is 5. The fourth-order valence-corrected chi connectivity index (χ4v) is 2.41. The van der Waals surface area contributed by atoms with Crippen molar-refractivity contribution in [2.45, 2.75) is 31.6 Å². The van der Waals surface area contributed by atoms with E-state index in [1.807, 2.05) is 6.07 Å². The summed E-state index contributed by atoms with van der Waals surface area (Å²) in [5, 5.41) is 11.6. The smallest absolute Gasteiger partial charge is 0.293 e. The molecular weight excluding hydrogens is 260 g/mol. The number of amides is 1. The molecule has 2 rings (SSSR count). The van der Waals surface area contributed by atoms with Crippen LogP contribution in [-0.4, -0.2) is 24.6 Å². The summed E-state index contributed by atoms with van der Waals surface area (Å²) in [6, 6.07) is 6.38. The van der Waals surface area contributed by atoms with Gasteiger partial charge < -0.3 is 14.8 Å². The van der Waals surface area contributed by atoms with Gasteiger partial charge in [-0.2, -0.15) is 5.26 Å². The van der Waals surface area contributed by atoms with Crippen molar-refractivity contribution in [3.8, 4) is 11.8 Å². The van der Waals surface area contributed by atoms with E-state index in [1.54, 1.807) is 32.0 Å². The van der Waals surface area contributed by atoms with Crippen LogP contribution in [0.2, 0.25) is 0 Å². The molecule has 0 bridgehead atoms. The van der Waals surface area contributed by atoms with Gasteiger partial charge in [0.15, 0.2) is 6.10 Å². The Hall–Kier alpha value is -2.55. The summed E-state index contributed by atoms with van der Waals surface area (Å²) >= 11 is 0. The minimum absolute atomic E-state index is 0.328. The molecule has 1 amide bonds. The molecule has 104 valence electrons. The van der Waals surface area contributed by atoms with Crippen molar-refractivity contribution in [3.63, 3.8) is 0 Å². The molecule has 0 aromatic heterocycles. The second-order valence-electron chi connectivity index (χ2n) is 4.99. The van der Waals surface area contributed by atoms with Crippen LogP contribution in [0.15, 0.2) is 18.2 Å². The van der Waals surface area contributed by atoms with Crippen LogP contribution >= 0.6 is 0 Å². The summed E-state index contributed by atoms with van der Waals surface area (Å²) in [7, 11) is 0. The average Bonchev–Trinajstić information content (AvgIpc) is 2.42. The highest BCUT2D eigenvalue weighted by Crippen LogP contribution is 2.41. The number of carbonyl (C=O) groups is 2. The molecule has 1 aromatic rings. The second-order valence-corrected chi connectivity index (χ2v) is 4.99. The molecule has 0 fully saturated rings. The van der Waals surface area contributed by atoms with Crippen molar-refractivity contribution in [2.24, 2.45) is 0 Å². The van der Waals surface area contributed by atoms with Crippen LogP contribution in [0.5, 0.6) is 5.75 Å². The summed E-state index contributed by atoms with van der Waals surface area (Å²) in [6.07, 6.45) is -0.151. The van der Waals surface area contributed by atoms with E-state index in [9.17, 15) is 9.59 Å². The van der Waals surface area contributed by atoms with Crippen molar-refractivity contribution < 1.29 is 19.1 Å². The third kappa shape index (κ3) is 2.30. The maximum atomic E-state index is 10.8. The number of rotatable bonds is 4. The van der Waals surface area contributed by atoms with Gasteiger partial charge in [-0.05, 0) is 32.0 Å². The third-order valence-corrected chi connectivity index (χ3v) is 3.28. The van der Waals surface area contributed by atoms with Gasteiger partial charge in [-0.3, -0.25) is 9.59 Å². The van der Waals surface area contributed by atoms with E-state index in [1.165, 1.54) is 0 Å². The molecule has 2 atom stereocenters. The lowest BCUT2D eigenvalue weighted by Crippen LogP contribution is -2.53. The monoisotopic (exact) mass is 274 g/mol. The van der Waals surface area contributed by atoms with Crippen LogP contribution in [0.1, 0.15) is 31.0 Å². The number of nitriles is 1. The predicted octanol–water partition coefficient (Wildman–Crippen LogP) is 1.06. The number of nitrogens with one attached hydrogen (secondary N) is 1. The first kappa shape index (κ1) is 13.9. The van der Waals surface area contributed by atoms with Gasteiger partial charge in [0, 0.05) is 5.56 Å². The highest BCUT2D eigenvalue weighted by molar-refractivity contribution is 5.53. The van der Waals surface area contributed by atoms with Gasteiger partial charge in [0.1, 0.15) is 11.4 Å². The molecule has 2 unspecified atom stereocenters. The summed E-state index contributed by atoms with van der Waals surface area (Å²) in [4.78, 5) is 21.5. The van der Waals surface area contributed by atoms with E-state index in [4.69, 9.17) is 14.7 Å². The van der Waals surface area contributed by atoms with Gasteiger partial charge in [0.2, 0.25) is 6.41 Å². The number of carbonyl (C=O) groups excluding carboxylic acids is 2. The molecule has 0 radical (unpaired) electrons. The van der Waals surface area contributed by atoms with Crippen LogP contribution in [0.25, 0.3) is 0 Å². The molecule has 0 saturated carbocycles. The van der Waals surface area contributed by atoms with Gasteiger partial charge in [0.25, 0.3) is 6.47 Å². The van der Waals surface area contributed by atoms with E-state index < -0.39 is 17.7 Å². The first-order valence-corrected chi connectivity index (χ1v) is 6.05. The largest absolute Gasteiger partial charge is 0.484 e. The highest BCUT2D eigenvalue weighted by atomic mass is 16.6. The van der Waals surface area contributed by atoms with E-state index in [-0.39, 0.29) is 0 Å². The number of ether oxygens (including phenoxy) is 2. The maximum absolute atomic E-state index is 10.8. The lowest BCUT2D eigenvalue weighted by Gasteiger charge is -2.43. The van der Waals surface area contributed by atoms with Gasteiger partial charge in [-0.1, -0.05) is 0 Å². The lowest BCUT2D eigenvalue weighted by molar-refractivity contribution is -0.151.